The number of thiazole rings is 1. The Kier molecular flexibility index (Phi) is 5.38. The van der Waals surface area contributed by atoms with Crippen LogP contribution in [0.4, 0.5) is 13.2 Å². The summed E-state index contributed by atoms with van der Waals surface area (Å²) in [6, 6.07) is 5.03. The van der Waals surface area contributed by atoms with E-state index in [9.17, 15) is 18.0 Å². The van der Waals surface area contributed by atoms with Crippen molar-refractivity contribution in [3.8, 4) is 10.6 Å². The van der Waals surface area contributed by atoms with E-state index in [0.29, 0.717) is 21.1 Å². The lowest BCUT2D eigenvalue weighted by Gasteiger charge is -2.22. The number of carbonyl (C=O) groups excluding carboxylic acids is 1. The molecule has 2 heterocycles. The van der Waals surface area contributed by atoms with Gasteiger partial charge in [0.2, 0.25) is 0 Å². The zero-order chi connectivity index (χ0) is 18.0. The molecule has 25 heavy (non-hydrogen) atoms. The van der Waals surface area contributed by atoms with Crippen molar-refractivity contribution in [2.75, 3.05) is 11.5 Å². The van der Waals surface area contributed by atoms with E-state index >= 15 is 0 Å². The van der Waals surface area contributed by atoms with E-state index in [1.54, 1.807) is 6.92 Å². The monoisotopic (exact) mass is 386 g/mol. The van der Waals surface area contributed by atoms with Gasteiger partial charge in [0.1, 0.15) is 9.88 Å². The third-order valence-corrected chi connectivity index (χ3v) is 6.27. The molecule has 0 spiro atoms. The number of nitrogens with zero attached hydrogens (tertiary/aromatic N) is 1. The van der Waals surface area contributed by atoms with E-state index in [4.69, 9.17) is 0 Å². The van der Waals surface area contributed by atoms with Crippen molar-refractivity contribution in [3.05, 3.63) is 40.4 Å². The molecule has 0 unspecified atom stereocenters. The predicted octanol–water partition coefficient (Wildman–Crippen LogP) is 4.76. The molecule has 1 aromatic carbocycles. The molecule has 3 nitrogen and oxygen atoms in total. The Morgan fingerprint density at radius 1 is 1.20 bits per heavy atom. The second-order valence-electron chi connectivity index (χ2n) is 5.87. The van der Waals surface area contributed by atoms with E-state index in [2.05, 4.69) is 10.3 Å². The van der Waals surface area contributed by atoms with Crippen LogP contribution in [0.15, 0.2) is 24.3 Å². The number of nitrogens with one attached hydrogen (secondary N) is 1. The van der Waals surface area contributed by atoms with Crippen LogP contribution in [-0.4, -0.2) is 28.4 Å². The highest BCUT2D eigenvalue weighted by molar-refractivity contribution is 7.99. The van der Waals surface area contributed by atoms with Crippen molar-refractivity contribution >= 4 is 29.0 Å². The third kappa shape index (κ3) is 4.36. The number of benzene rings is 1. The standard InChI is InChI=1S/C17H17F3N2OS2/c1-10-14(15(23)22-13-6-8-24-9-7-13)25-16(21-10)11-2-4-12(5-3-11)17(18,19)20/h2-5,13H,6-9H2,1H3,(H,22,23). The van der Waals surface area contributed by atoms with Gasteiger partial charge < -0.3 is 5.32 Å². The van der Waals surface area contributed by atoms with Gasteiger partial charge in [0.05, 0.1) is 11.3 Å². The lowest BCUT2D eigenvalue weighted by atomic mass is 10.1. The number of halogens is 3. The van der Waals surface area contributed by atoms with Crippen LogP contribution in [0.1, 0.15) is 33.8 Å². The average Bonchev–Trinajstić information content (AvgIpc) is 2.97. The van der Waals surface area contributed by atoms with Crippen molar-refractivity contribution in [2.24, 2.45) is 0 Å². The van der Waals surface area contributed by atoms with Gasteiger partial charge in [0.15, 0.2) is 0 Å². The number of thioether (sulfide) groups is 1. The fourth-order valence-corrected chi connectivity index (χ4v) is 4.71. The minimum atomic E-state index is -4.36. The number of hydrogen-bond donors (Lipinski definition) is 1. The average molecular weight is 386 g/mol. The molecule has 1 aliphatic rings. The molecule has 8 heteroatoms. The van der Waals surface area contributed by atoms with E-state index in [0.717, 1.165) is 36.5 Å². The Bertz CT molecular complexity index is 750. The molecule has 1 aliphatic heterocycles. The first kappa shape index (κ1) is 18.3. The molecule has 1 saturated heterocycles. The molecule has 0 radical (unpaired) electrons. The maximum Gasteiger partial charge on any atom is 0.416 e. The molecule has 1 N–H and O–H groups in total. The van der Waals surface area contributed by atoms with E-state index in [1.165, 1.54) is 23.5 Å². The topological polar surface area (TPSA) is 42.0 Å². The third-order valence-electron chi connectivity index (χ3n) is 4.02. The fourth-order valence-electron chi connectivity index (χ4n) is 2.63. The molecule has 3 rings (SSSR count). The van der Waals surface area contributed by atoms with Crippen LogP contribution in [0.3, 0.4) is 0 Å². The van der Waals surface area contributed by atoms with Crippen LogP contribution in [-0.2, 0) is 6.18 Å². The van der Waals surface area contributed by atoms with E-state index < -0.39 is 11.7 Å². The second-order valence-corrected chi connectivity index (χ2v) is 8.09. The molecule has 1 fully saturated rings. The van der Waals surface area contributed by atoms with Crippen LogP contribution in [0, 0.1) is 6.92 Å². The molecular weight excluding hydrogens is 369 g/mol. The zero-order valence-electron chi connectivity index (χ0n) is 13.5. The van der Waals surface area contributed by atoms with Crippen molar-refractivity contribution in [2.45, 2.75) is 32.0 Å². The SMILES string of the molecule is Cc1nc(-c2ccc(C(F)(F)F)cc2)sc1C(=O)NC1CCSCC1. The summed E-state index contributed by atoms with van der Waals surface area (Å²) >= 11 is 3.10. The van der Waals surface area contributed by atoms with Crippen LogP contribution in [0.25, 0.3) is 10.6 Å². The second kappa shape index (κ2) is 7.37. The largest absolute Gasteiger partial charge is 0.416 e. The number of rotatable bonds is 3. The predicted molar refractivity (Wildman–Crippen MR) is 95.1 cm³/mol. The van der Waals surface area contributed by atoms with Gasteiger partial charge in [0, 0.05) is 11.6 Å². The number of aromatic nitrogens is 1. The summed E-state index contributed by atoms with van der Waals surface area (Å²) in [5.41, 5.74) is 0.481. The van der Waals surface area contributed by atoms with Crippen LogP contribution in [0.5, 0.6) is 0 Å². The summed E-state index contributed by atoms with van der Waals surface area (Å²) in [6.07, 6.45) is -2.44. The minimum absolute atomic E-state index is 0.148. The molecule has 0 bridgehead atoms. The van der Waals surface area contributed by atoms with Crippen LogP contribution < -0.4 is 5.32 Å². The Balaban J connectivity index is 1.76. The number of amides is 1. The molecule has 2 aromatic rings. The van der Waals surface area contributed by atoms with Gasteiger partial charge in [-0.25, -0.2) is 4.98 Å². The first-order chi connectivity index (χ1) is 11.8. The summed E-state index contributed by atoms with van der Waals surface area (Å²) in [7, 11) is 0. The van der Waals surface area contributed by atoms with E-state index in [-0.39, 0.29) is 11.9 Å². The molecule has 1 aromatic heterocycles. The zero-order valence-corrected chi connectivity index (χ0v) is 15.2. The maximum absolute atomic E-state index is 12.7. The highest BCUT2D eigenvalue weighted by atomic mass is 32.2. The molecule has 0 atom stereocenters. The van der Waals surface area contributed by atoms with Crippen LogP contribution in [0.2, 0.25) is 0 Å². The van der Waals surface area contributed by atoms with E-state index in [1.807, 2.05) is 11.8 Å². The number of alkyl halides is 3. The van der Waals surface area contributed by atoms with Crippen molar-refractivity contribution in [1.82, 2.24) is 10.3 Å². The van der Waals surface area contributed by atoms with Gasteiger partial charge in [0.25, 0.3) is 5.91 Å². The van der Waals surface area contributed by atoms with Crippen molar-refractivity contribution in [1.29, 1.82) is 0 Å². The lowest BCUT2D eigenvalue weighted by Crippen LogP contribution is -2.37. The van der Waals surface area contributed by atoms with Gasteiger partial charge in [-0.15, -0.1) is 11.3 Å². The summed E-state index contributed by atoms with van der Waals surface area (Å²) in [5, 5.41) is 3.59. The summed E-state index contributed by atoms with van der Waals surface area (Å²) < 4.78 is 38.0. The van der Waals surface area contributed by atoms with Gasteiger partial charge in [-0.05, 0) is 43.4 Å². The Morgan fingerprint density at radius 3 is 2.44 bits per heavy atom. The fraction of sp³-hybridized carbons (Fsp3) is 0.412. The normalized spacial score (nSPS) is 16.0. The first-order valence-corrected chi connectivity index (χ1v) is 9.85. The van der Waals surface area contributed by atoms with Crippen LogP contribution >= 0.6 is 23.1 Å². The number of hydrogen-bond acceptors (Lipinski definition) is 4. The Labute approximate surface area is 152 Å². The van der Waals surface area contributed by atoms with Gasteiger partial charge in [-0.1, -0.05) is 12.1 Å². The quantitative estimate of drug-likeness (QED) is 0.827. The smallest absolute Gasteiger partial charge is 0.348 e. The molecule has 0 aliphatic carbocycles. The molecule has 1 amide bonds. The summed E-state index contributed by atoms with van der Waals surface area (Å²) in [5.74, 6) is 1.94. The van der Waals surface area contributed by atoms with Gasteiger partial charge in [-0.3, -0.25) is 4.79 Å². The molecular formula is C17H17F3N2OS2. The molecule has 0 saturated carbocycles. The van der Waals surface area contributed by atoms with Crippen molar-refractivity contribution < 1.29 is 18.0 Å². The first-order valence-electron chi connectivity index (χ1n) is 7.88. The Hall–Kier alpha value is -1.54. The van der Waals surface area contributed by atoms with Crippen molar-refractivity contribution in [3.63, 3.8) is 0 Å². The minimum Gasteiger partial charge on any atom is -0.348 e. The Morgan fingerprint density at radius 2 is 1.84 bits per heavy atom. The highest BCUT2D eigenvalue weighted by Crippen LogP contribution is 2.33. The molecule has 134 valence electrons. The van der Waals surface area contributed by atoms with Gasteiger partial charge in [-0.2, -0.15) is 24.9 Å². The lowest BCUT2D eigenvalue weighted by molar-refractivity contribution is -0.137. The highest BCUT2D eigenvalue weighted by Gasteiger charge is 2.30. The number of aryl methyl sites for hydroxylation is 1. The summed E-state index contributed by atoms with van der Waals surface area (Å²) in [4.78, 5) is 17.3. The number of carbonyl (C=O) groups is 1. The maximum atomic E-state index is 12.7. The van der Waals surface area contributed by atoms with Gasteiger partial charge >= 0.3 is 6.18 Å². The summed E-state index contributed by atoms with van der Waals surface area (Å²) in [6.45, 7) is 1.75.